The van der Waals surface area contributed by atoms with Crippen molar-refractivity contribution in [2.24, 2.45) is 0 Å². The SMILES string of the molecule is N#Cc1ccc(C(c2cc(Cl)cc(Cl)c2)C23CCCC=C2NC(=O)N3)cc1. The molecule has 0 radical (unpaired) electrons. The summed E-state index contributed by atoms with van der Waals surface area (Å²) in [5.41, 5.74) is 2.81. The summed E-state index contributed by atoms with van der Waals surface area (Å²) in [4.78, 5) is 12.3. The van der Waals surface area contributed by atoms with Gasteiger partial charge in [-0.1, -0.05) is 41.4 Å². The van der Waals surface area contributed by atoms with Crippen LogP contribution in [-0.2, 0) is 0 Å². The Hall–Kier alpha value is -2.48. The van der Waals surface area contributed by atoms with Gasteiger partial charge in [0.25, 0.3) is 0 Å². The number of nitriles is 1. The number of nitrogens with zero attached hydrogens (tertiary/aromatic N) is 1. The number of hydrogen-bond donors (Lipinski definition) is 2. The molecule has 27 heavy (non-hydrogen) atoms. The van der Waals surface area contributed by atoms with Crippen molar-refractivity contribution in [3.05, 3.63) is 81.0 Å². The molecule has 2 atom stereocenters. The fourth-order valence-electron chi connectivity index (χ4n) is 4.22. The van der Waals surface area contributed by atoms with E-state index >= 15 is 0 Å². The maximum absolute atomic E-state index is 12.3. The Bertz CT molecular complexity index is 958. The molecule has 2 unspecified atom stereocenters. The monoisotopic (exact) mass is 397 g/mol. The molecular formula is C21H17Cl2N3O. The van der Waals surface area contributed by atoms with Crippen LogP contribution >= 0.6 is 23.2 Å². The van der Waals surface area contributed by atoms with Crippen molar-refractivity contribution in [3.63, 3.8) is 0 Å². The highest BCUT2D eigenvalue weighted by molar-refractivity contribution is 6.34. The minimum absolute atomic E-state index is 0.188. The third-order valence-corrected chi connectivity index (χ3v) is 5.71. The normalized spacial score (nSPS) is 22.1. The molecule has 2 aliphatic rings. The zero-order valence-electron chi connectivity index (χ0n) is 14.4. The number of halogens is 2. The Morgan fingerprint density at radius 3 is 2.44 bits per heavy atom. The first kappa shape index (κ1) is 17.9. The van der Waals surface area contributed by atoms with Crippen LogP contribution in [0.3, 0.4) is 0 Å². The summed E-state index contributed by atoms with van der Waals surface area (Å²) in [5.74, 6) is -0.188. The predicted molar refractivity (Wildman–Crippen MR) is 106 cm³/mol. The van der Waals surface area contributed by atoms with Gasteiger partial charge in [0, 0.05) is 21.7 Å². The molecule has 0 saturated carbocycles. The smallest absolute Gasteiger partial charge is 0.319 e. The number of fused-ring (bicyclic) bond motifs is 1. The van der Waals surface area contributed by atoms with Crippen LogP contribution in [0.4, 0.5) is 4.79 Å². The number of carbonyl (C=O) groups is 1. The molecule has 0 spiro atoms. The summed E-state index contributed by atoms with van der Waals surface area (Å²) >= 11 is 12.6. The van der Waals surface area contributed by atoms with E-state index in [0.29, 0.717) is 15.6 Å². The number of nitrogens with one attached hydrogen (secondary N) is 2. The molecule has 1 heterocycles. The van der Waals surface area contributed by atoms with Crippen LogP contribution < -0.4 is 10.6 Å². The van der Waals surface area contributed by atoms with Crippen molar-refractivity contribution < 1.29 is 4.79 Å². The van der Waals surface area contributed by atoms with Gasteiger partial charge >= 0.3 is 6.03 Å². The molecule has 1 saturated heterocycles. The summed E-state index contributed by atoms with van der Waals surface area (Å²) in [6.07, 6.45) is 4.78. The molecule has 0 bridgehead atoms. The van der Waals surface area contributed by atoms with Gasteiger partial charge in [0.15, 0.2) is 0 Å². The second-order valence-electron chi connectivity index (χ2n) is 6.93. The highest BCUT2D eigenvalue weighted by Crippen LogP contribution is 2.46. The van der Waals surface area contributed by atoms with Gasteiger partial charge in [0.05, 0.1) is 17.2 Å². The lowest BCUT2D eigenvalue weighted by Gasteiger charge is -2.40. The first-order chi connectivity index (χ1) is 13.0. The molecule has 6 heteroatoms. The molecular weight excluding hydrogens is 381 g/mol. The number of hydrogen-bond acceptors (Lipinski definition) is 2. The van der Waals surface area contributed by atoms with E-state index in [0.717, 1.165) is 36.1 Å². The molecule has 2 N–H and O–H groups in total. The Labute approximate surface area is 167 Å². The lowest BCUT2D eigenvalue weighted by molar-refractivity contribution is 0.241. The van der Waals surface area contributed by atoms with Crippen LogP contribution in [0.5, 0.6) is 0 Å². The zero-order valence-corrected chi connectivity index (χ0v) is 15.9. The molecule has 2 aromatic rings. The average Bonchev–Trinajstić information content (AvgIpc) is 2.98. The molecule has 0 aromatic heterocycles. The molecule has 2 amide bonds. The van der Waals surface area contributed by atoms with E-state index in [-0.39, 0.29) is 11.9 Å². The minimum atomic E-state index is -0.586. The number of allylic oxidation sites excluding steroid dienone is 1. The van der Waals surface area contributed by atoms with Crippen LogP contribution in [0.1, 0.15) is 41.9 Å². The van der Waals surface area contributed by atoms with E-state index in [1.807, 2.05) is 24.3 Å². The molecule has 1 aliphatic carbocycles. The van der Waals surface area contributed by atoms with Gasteiger partial charge in [-0.15, -0.1) is 0 Å². The van der Waals surface area contributed by atoms with Crippen molar-refractivity contribution in [2.45, 2.75) is 30.7 Å². The van der Waals surface area contributed by atoms with Gasteiger partial charge in [-0.2, -0.15) is 5.26 Å². The van der Waals surface area contributed by atoms with E-state index in [1.165, 1.54) is 0 Å². The second-order valence-corrected chi connectivity index (χ2v) is 7.80. The number of amides is 2. The summed E-state index contributed by atoms with van der Waals surface area (Å²) in [7, 11) is 0. The van der Waals surface area contributed by atoms with Gasteiger partial charge < -0.3 is 10.6 Å². The van der Waals surface area contributed by atoms with Crippen molar-refractivity contribution in [3.8, 4) is 6.07 Å². The number of urea groups is 1. The van der Waals surface area contributed by atoms with Gasteiger partial charge in [0.1, 0.15) is 0 Å². The van der Waals surface area contributed by atoms with Gasteiger partial charge in [0.2, 0.25) is 0 Å². The van der Waals surface area contributed by atoms with Gasteiger partial charge in [-0.25, -0.2) is 4.79 Å². The highest BCUT2D eigenvalue weighted by Gasteiger charge is 2.50. The Morgan fingerprint density at radius 2 is 1.78 bits per heavy atom. The Morgan fingerprint density at radius 1 is 1.07 bits per heavy atom. The summed E-state index contributed by atoms with van der Waals surface area (Å²) in [6.45, 7) is 0. The maximum Gasteiger partial charge on any atom is 0.319 e. The van der Waals surface area contributed by atoms with Crippen LogP contribution in [-0.4, -0.2) is 11.6 Å². The van der Waals surface area contributed by atoms with E-state index in [9.17, 15) is 4.79 Å². The van der Waals surface area contributed by atoms with E-state index in [2.05, 4.69) is 22.8 Å². The summed E-state index contributed by atoms with van der Waals surface area (Å²) in [5, 5.41) is 16.3. The topological polar surface area (TPSA) is 64.9 Å². The predicted octanol–water partition coefficient (Wildman–Crippen LogP) is 5.12. The lowest BCUT2D eigenvalue weighted by Crippen LogP contribution is -2.49. The Kier molecular flexibility index (Phi) is 4.59. The first-order valence-electron chi connectivity index (χ1n) is 8.78. The number of carbonyl (C=O) groups excluding carboxylic acids is 1. The van der Waals surface area contributed by atoms with Gasteiger partial charge in [-0.3, -0.25) is 0 Å². The molecule has 4 nitrogen and oxygen atoms in total. The standard InChI is InChI=1S/C21H17Cl2N3O/c22-16-9-15(10-17(23)11-16)19(14-6-4-13(12-24)5-7-14)21-8-2-1-3-18(21)25-20(27)26-21/h3-7,9-11,19H,1-2,8H2,(H2,25,26,27). The number of benzene rings is 2. The first-order valence-corrected chi connectivity index (χ1v) is 9.53. The molecule has 4 rings (SSSR count). The second kappa shape index (κ2) is 6.92. The number of rotatable bonds is 3. The van der Waals surface area contributed by atoms with Crippen LogP contribution in [0.2, 0.25) is 10.0 Å². The van der Waals surface area contributed by atoms with Crippen LogP contribution in [0, 0.1) is 11.3 Å². The summed E-state index contributed by atoms with van der Waals surface area (Å²) < 4.78 is 0. The maximum atomic E-state index is 12.3. The van der Waals surface area contributed by atoms with Crippen molar-refractivity contribution in [1.82, 2.24) is 10.6 Å². The Balaban J connectivity index is 1.93. The molecule has 2 aromatic carbocycles. The summed E-state index contributed by atoms with van der Waals surface area (Å²) in [6, 6.07) is 14.9. The van der Waals surface area contributed by atoms with Gasteiger partial charge in [-0.05, 0) is 60.7 Å². The van der Waals surface area contributed by atoms with E-state index in [4.69, 9.17) is 28.5 Å². The highest BCUT2D eigenvalue weighted by atomic mass is 35.5. The fraction of sp³-hybridized carbons (Fsp3) is 0.238. The largest absolute Gasteiger partial charge is 0.326 e. The average molecular weight is 398 g/mol. The quantitative estimate of drug-likeness (QED) is 0.754. The third kappa shape index (κ3) is 3.18. The van der Waals surface area contributed by atoms with Crippen LogP contribution in [0.15, 0.2) is 54.2 Å². The minimum Gasteiger partial charge on any atom is -0.326 e. The van der Waals surface area contributed by atoms with E-state index < -0.39 is 5.54 Å². The van der Waals surface area contributed by atoms with Crippen molar-refractivity contribution >= 4 is 29.2 Å². The fourth-order valence-corrected chi connectivity index (χ4v) is 4.76. The van der Waals surface area contributed by atoms with Crippen LogP contribution in [0.25, 0.3) is 0 Å². The molecule has 136 valence electrons. The third-order valence-electron chi connectivity index (χ3n) is 5.27. The van der Waals surface area contributed by atoms with Crippen molar-refractivity contribution in [2.75, 3.05) is 0 Å². The lowest BCUT2D eigenvalue weighted by atomic mass is 9.69. The van der Waals surface area contributed by atoms with E-state index in [1.54, 1.807) is 18.2 Å². The molecule has 1 aliphatic heterocycles. The van der Waals surface area contributed by atoms with Crippen molar-refractivity contribution in [1.29, 1.82) is 5.26 Å². The zero-order chi connectivity index (χ0) is 19.0. The molecule has 1 fully saturated rings.